The lowest BCUT2D eigenvalue weighted by molar-refractivity contribution is 1.31. The average molecular weight is 135 g/mol. The first-order chi connectivity index (χ1) is 4.79. The summed E-state index contributed by atoms with van der Waals surface area (Å²) in [6.45, 7) is 6.21. The predicted octanol–water partition coefficient (Wildman–Crippen LogP) is 0.924. The summed E-state index contributed by atoms with van der Waals surface area (Å²) < 4.78 is 0. The highest BCUT2D eigenvalue weighted by molar-refractivity contribution is 5.30. The minimum absolute atomic E-state index is 1.22. The van der Waals surface area contributed by atoms with Gasteiger partial charge in [-0.25, -0.2) is 0 Å². The summed E-state index contributed by atoms with van der Waals surface area (Å²) in [5.74, 6) is 0. The van der Waals surface area contributed by atoms with E-state index in [4.69, 9.17) is 0 Å². The number of aromatic nitrogens is 1. The van der Waals surface area contributed by atoms with Crippen LogP contribution in [0.5, 0.6) is 0 Å². The quantitative estimate of drug-likeness (QED) is 0.544. The molecule has 1 aromatic heterocycles. The SMILES string of the molecule is C/C=c1/c(C)c[nH]/c1=C/C. The van der Waals surface area contributed by atoms with Crippen molar-refractivity contribution in [1.82, 2.24) is 4.98 Å². The van der Waals surface area contributed by atoms with Gasteiger partial charge in [-0.3, -0.25) is 0 Å². The highest BCUT2D eigenvalue weighted by Gasteiger charge is 1.88. The summed E-state index contributed by atoms with van der Waals surface area (Å²) >= 11 is 0. The molecule has 0 atom stereocenters. The summed E-state index contributed by atoms with van der Waals surface area (Å²) in [5, 5.41) is 2.54. The van der Waals surface area contributed by atoms with Crippen LogP contribution in [0.2, 0.25) is 0 Å². The van der Waals surface area contributed by atoms with E-state index in [9.17, 15) is 0 Å². The van der Waals surface area contributed by atoms with Crippen LogP contribution in [0.3, 0.4) is 0 Å². The monoisotopic (exact) mass is 135 g/mol. The lowest BCUT2D eigenvalue weighted by Crippen LogP contribution is -2.22. The zero-order valence-corrected chi connectivity index (χ0v) is 6.73. The summed E-state index contributed by atoms with van der Waals surface area (Å²) in [4.78, 5) is 3.19. The van der Waals surface area contributed by atoms with Crippen LogP contribution >= 0.6 is 0 Å². The van der Waals surface area contributed by atoms with Crippen LogP contribution in [0.25, 0.3) is 12.2 Å². The third-order valence-electron chi connectivity index (χ3n) is 1.74. The minimum Gasteiger partial charge on any atom is -0.361 e. The average Bonchev–Trinajstić information content (AvgIpc) is 2.30. The van der Waals surface area contributed by atoms with E-state index >= 15 is 0 Å². The predicted molar refractivity (Wildman–Crippen MR) is 45.1 cm³/mol. The van der Waals surface area contributed by atoms with Gasteiger partial charge in [-0.15, -0.1) is 0 Å². The minimum atomic E-state index is 1.22. The Balaban J connectivity index is 3.59. The van der Waals surface area contributed by atoms with Gasteiger partial charge in [0.25, 0.3) is 0 Å². The molecule has 0 fully saturated rings. The Bertz CT molecular complexity index is 317. The van der Waals surface area contributed by atoms with E-state index in [2.05, 4.69) is 31.0 Å². The fourth-order valence-corrected chi connectivity index (χ4v) is 1.18. The molecular weight excluding hydrogens is 122 g/mol. The standard InChI is InChI=1S/C9H13N/c1-4-8-7(3)6-10-9(8)5-2/h4-6,10H,1-3H3/b8-4-,9-5+. The van der Waals surface area contributed by atoms with Gasteiger partial charge >= 0.3 is 0 Å². The molecule has 0 saturated heterocycles. The van der Waals surface area contributed by atoms with Crippen molar-refractivity contribution in [1.29, 1.82) is 0 Å². The van der Waals surface area contributed by atoms with Crippen LogP contribution < -0.4 is 10.6 Å². The Morgan fingerprint density at radius 3 is 2.40 bits per heavy atom. The van der Waals surface area contributed by atoms with Gasteiger partial charge in [0.1, 0.15) is 0 Å². The molecule has 1 aromatic rings. The van der Waals surface area contributed by atoms with E-state index in [0.717, 1.165) is 0 Å². The molecule has 54 valence electrons. The Labute approximate surface area is 61.1 Å². The third kappa shape index (κ3) is 0.991. The molecule has 0 bridgehead atoms. The van der Waals surface area contributed by atoms with Crippen molar-refractivity contribution in [3.05, 3.63) is 22.3 Å². The van der Waals surface area contributed by atoms with Gasteiger partial charge in [0.15, 0.2) is 0 Å². The van der Waals surface area contributed by atoms with Gasteiger partial charge in [0.2, 0.25) is 0 Å². The molecule has 1 heterocycles. The first-order valence-electron chi connectivity index (χ1n) is 3.56. The van der Waals surface area contributed by atoms with Crippen LogP contribution in [0.15, 0.2) is 6.20 Å². The van der Waals surface area contributed by atoms with Crippen LogP contribution in [-0.4, -0.2) is 4.98 Å². The van der Waals surface area contributed by atoms with Gasteiger partial charge < -0.3 is 4.98 Å². The Morgan fingerprint density at radius 2 is 2.00 bits per heavy atom. The van der Waals surface area contributed by atoms with Crippen molar-refractivity contribution >= 4 is 12.2 Å². The number of hydrogen-bond donors (Lipinski definition) is 1. The molecule has 1 rings (SSSR count). The molecule has 0 unspecified atom stereocenters. The zero-order valence-electron chi connectivity index (χ0n) is 6.73. The molecule has 0 aliphatic rings. The van der Waals surface area contributed by atoms with Gasteiger partial charge in [0.05, 0.1) is 0 Å². The van der Waals surface area contributed by atoms with E-state index < -0.39 is 0 Å². The van der Waals surface area contributed by atoms with Crippen molar-refractivity contribution in [3.8, 4) is 0 Å². The second kappa shape index (κ2) is 2.74. The summed E-state index contributed by atoms with van der Waals surface area (Å²) in [7, 11) is 0. The van der Waals surface area contributed by atoms with Crippen molar-refractivity contribution in [2.75, 3.05) is 0 Å². The maximum atomic E-state index is 3.19. The van der Waals surface area contributed by atoms with Crippen molar-refractivity contribution in [2.24, 2.45) is 0 Å². The van der Waals surface area contributed by atoms with E-state index in [1.54, 1.807) is 0 Å². The number of hydrogen-bond acceptors (Lipinski definition) is 0. The first-order valence-corrected chi connectivity index (χ1v) is 3.56. The topological polar surface area (TPSA) is 15.8 Å². The van der Waals surface area contributed by atoms with E-state index in [1.807, 2.05) is 13.1 Å². The second-order valence-corrected chi connectivity index (χ2v) is 2.38. The normalized spacial score (nSPS) is 14.7. The first kappa shape index (κ1) is 7.13. The maximum absolute atomic E-state index is 3.19. The summed E-state index contributed by atoms with van der Waals surface area (Å²) in [5.41, 5.74) is 1.32. The largest absolute Gasteiger partial charge is 0.361 e. The number of rotatable bonds is 0. The van der Waals surface area contributed by atoms with Gasteiger partial charge in [0, 0.05) is 11.5 Å². The summed E-state index contributed by atoms with van der Waals surface area (Å²) in [6.07, 6.45) is 6.24. The molecular formula is C9H13N. The van der Waals surface area contributed by atoms with Crippen LogP contribution in [-0.2, 0) is 0 Å². The Kier molecular flexibility index (Phi) is 1.95. The summed E-state index contributed by atoms with van der Waals surface area (Å²) in [6, 6.07) is 0. The van der Waals surface area contributed by atoms with E-state index in [0.29, 0.717) is 0 Å². The lowest BCUT2D eigenvalue weighted by atomic mass is 10.3. The van der Waals surface area contributed by atoms with Gasteiger partial charge in [-0.1, -0.05) is 12.2 Å². The van der Waals surface area contributed by atoms with Gasteiger partial charge in [-0.2, -0.15) is 0 Å². The second-order valence-electron chi connectivity index (χ2n) is 2.38. The molecule has 1 heteroatoms. The van der Waals surface area contributed by atoms with Crippen LogP contribution in [0.1, 0.15) is 19.4 Å². The smallest absolute Gasteiger partial charge is 0.0410 e. The zero-order chi connectivity index (χ0) is 7.56. The Hall–Kier alpha value is -0.980. The maximum Gasteiger partial charge on any atom is 0.0410 e. The van der Waals surface area contributed by atoms with Crippen molar-refractivity contribution in [3.63, 3.8) is 0 Å². The van der Waals surface area contributed by atoms with Crippen molar-refractivity contribution in [2.45, 2.75) is 20.8 Å². The fourth-order valence-electron chi connectivity index (χ4n) is 1.18. The highest BCUT2D eigenvalue weighted by Crippen LogP contribution is 1.78. The molecule has 1 nitrogen and oxygen atoms in total. The molecule has 0 saturated carbocycles. The number of aryl methyl sites for hydroxylation is 1. The van der Waals surface area contributed by atoms with Gasteiger partial charge in [-0.05, 0) is 31.6 Å². The van der Waals surface area contributed by atoms with E-state index in [1.165, 1.54) is 16.1 Å². The molecule has 0 spiro atoms. The lowest BCUT2D eigenvalue weighted by Gasteiger charge is -1.78. The molecule has 0 aliphatic heterocycles. The fraction of sp³-hybridized carbons (Fsp3) is 0.333. The molecule has 0 aromatic carbocycles. The van der Waals surface area contributed by atoms with Crippen LogP contribution in [0.4, 0.5) is 0 Å². The molecule has 0 aliphatic carbocycles. The molecule has 0 amide bonds. The number of aromatic amines is 1. The highest BCUT2D eigenvalue weighted by atomic mass is 14.6. The molecule has 10 heavy (non-hydrogen) atoms. The Morgan fingerprint density at radius 1 is 1.30 bits per heavy atom. The third-order valence-corrected chi connectivity index (χ3v) is 1.74. The number of H-pyrrole nitrogens is 1. The van der Waals surface area contributed by atoms with Crippen molar-refractivity contribution < 1.29 is 0 Å². The molecule has 0 radical (unpaired) electrons. The van der Waals surface area contributed by atoms with E-state index in [-0.39, 0.29) is 0 Å². The number of nitrogens with one attached hydrogen (secondary N) is 1. The molecule has 1 N–H and O–H groups in total. The van der Waals surface area contributed by atoms with Crippen LogP contribution in [0, 0.1) is 6.92 Å².